The number of nitrogens with one attached hydrogen (secondary N) is 1. The van der Waals surface area contributed by atoms with Crippen LogP contribution >= 0.6 is 0 Å². The SMILES string of the molecule is C=C(C(=O)N1CC2C3(c4ccc(C)cc4)CCC(c4ccccc43)C2(C(=O)NOCc2ccccc2)C1)c1ccccc1OC. The molecule has 0 aromatic heterocycles. The number of hydrogen-bond donors (Lipinski definition) is 1. The summed E-state index contributed by atoms with van der Waals surface area (Å²) < 4.78 is 5.57. The fraction of sp³-hybridized carbons (Fsp3) is 0.282. The van der Waals surface area contributed by atoms with Crippen molar-refractivity contribution in [3.8, 4) is 5.75 Å². The Morgan fingerprint density at radius 3 is 2.42 bits per heavy atom. The van der Waals surface area contributed by atoms with Gasteiger partial charge in [-0.3, -0.25) is 14.4 Å². The van der Waals surface area contributed by atoms with Gasteiger partial charge in [0, 0.05) is 41.5 Å². The van der Waals surface area contributed by atoms with E-state index >= 15 is 0 Å². The van der Waals surface area contributed by atoms with E-state index in [1.807, 2.05) is 59.5 Å². The van der Waals surface area contributed by atoms with Crippen LogP contribution in [0.15, 0.2) is 110 Å². The molecule has 4 aromatic rings. The second kappa shape index (κ2) is 11.4. The third-order valence-corrected chi connectivity index (χ3v) is 10.6. The number of fused-ring (bicyclic) bond motifs is 1. The average molecular weight is 599 g/mol. The van der Waals surface area contributed by atoms with E-state index in [0.29, 0.717) is 23.4 Å². The Morgan fingerprint density at radius 2 is 1.64 bits per heavy atom. The zero-order valence-electron chi connectivity index (χ0n) is 25.8. The molecular weight excluding hydrogens is 560 g/mol. The van der Waals surface area contributed by atoms with Gasteiger partial charge in [0.05, 0.1) is 19.1 Å². The van der Waals surface area contributed by atoms with Gasteiger partial charge in [0.25, 0.3) is 11.8 Å². The molecular formula is C39H38N2O4. The smallest absolute Gasteiger partial charge is 0.254 e. The lowest BCUT2D eigenvalue weighted by molar-refractivity contribution is -0.153. The molecule has 0 radical (unpaired) electrons. The van der Waals surface area contributed by atoms with Crippen molar-refractivity contribution >= 4 is 17.4 Å². The number of hydroxylamine groups is 1. The van der Waals surface area contributed by atoms with Crippen LogP contribution in [0.3, 0.4) is 0 Å². The standard InChI is InChI=1S/C39H38N2O4/c1-26-17-19-29(20-18-26)38-22-21-33(31-14-7-9-15-32(31)38)39(37(43)40-45-24-28-11-5-4-6-12-28)25-41(23-35(38)39)36(42)27(2)30-13-8-10-16-34(30)44-3/h4-20,33,35H,2,21-25H2,1,3H3,(H,40,43). The van der Waals surface area contributed by atoms with E-state index in [1.165, 1.54) is 22.3 Å². The minimum atomic E-state index is -0.898. The molecule has 0 spiro atoms. The zero-order valence-corrected chi connectivity index (χ0v) is 25.8. The lowest BCUT2D eigenvalue weighted by Gasteiger charge is -2.60. The number of amides is 2. The number of nitrogens with zero attached hydrogens (tertiary/aromatic N) is 1. The highest BCUT2D eigenvalue weighted by Gasteiger charge is 2.70. The highest BCUT2D eigenvalue weighted by atomic mass is 16.6. The van der Waals surface area contributed by atoms with Crippen molar-refractivity contribution in [3.63, 3.8) is 0 Å². The van der Waals surface area contributed by atoms with Crippen molar-refractivity contribution in [2.45, 2.75) is 37.7 Å². The van der Waals surface area contributed by atoms with Crippen molar-refractivity contribution in [1.29, 1.82) is 0 Å². The fourth-order valence-corrected chi connectivity index (χ4v) is 8.54. The molecule has 4 aromatic carbocycles. The van der Waals surface area contributed by atoms with Crippen molar-refractivity contribution in [2.75, 3.05) is 20.2 Å². The van der Waals surface area contributed by atoms with Crippen LogP contribution in [-0.4, -0.2) is 36.9 Å². The summed E-state index contributed by atoms with van der Waals surface area (Å²) in [6.45, 7) is 7.28. The van der Waals surface area contributed by atoms with Crippen molar-refractivity contribution in [2.24, 2.45) is 11.3 Å². The average Bonchev–Trinajstić information content (AvgIpc) is 3.52. The molecule has 228 valence electrons. The van der Waals surface area contributed by atoms with Crippen LogP contribution < -0.4 is 10.2 Å². The number of para-hydroxylation sites is 1. The zero-order chi connectivity index (χ0) is 31.2. The molecule has 8 rings (SSSR count). The Balaban J connectivity index is 1.32. The summed E-state index contributed by atoms with van der Waals surface area (Å²) in [6.07, 6.45) is 1.74. The van der Waals surface area contributed by atoms with Gasteiger partial charge in [-0.15, -0.1) is 0 Å². The number of carbonyl (C=O) groups excluding carboxylic acids is 2. The molecule has 4 unspecified atom stereocenters. The topological polar surface area (TPSA) is 67.9 Å². The third kappa shape index (κ3) is 4.50. The van der Waals surface area contributed by atoms with Gasteiger partial charge in [-0.25, -0.2) is 5.48 Å². The molecule has 4 atom stereocenters. The Kier molecular flexibility index (Phi) is 7.33. The van der Waals surface area contributed by atoms with Gasteiger partial charge < -0.3 is 9.64 Å². The monoisotopic (exact) mass is 598 g/mol. The normalized spacial score (nSPS) is 24.4. The molecule has 4 aliphatic rings. The number of carbonyl (C=O) groups is 2. The van der Waals surface area contributed by atoms with Crippen molar-refractivity contribution in [1.82, 2.24) is 10.4 Å². The Bertz CT molecular complexity index is 1770. The van der Waals surface area contributed by atoms with E-state index in [9.17, 15) is 9.59 Å². The highest BCUT2D eigenvalue weighted by Crippen LogP contribution is 2.69. The highest BCUT2D eigenvalue weighted by molar-refractivity contribution is 6.19. The molecule has 2 fully saturated rings. The maximum atomic E-state index is 14.7. The Labute approximate surface area is 264 Å². The largest absolute Gasteiger partial charge is 0.496 e. The minimum absolute atomic E-state index is 0.0660. The summed E-state index contributed by atoms with van der Waals surface area (Å²) in [6, 6.07) is 34.5. The van der Waals surface area contributed by atoms with Crippen LogP contribution in [0.1, 0.15) is 52.1 Å². The quantitative estimate of drug-likeness (QED) is 0.184. The predicted molar refractivity (Wildman–Crippen MR) is 174 cm³/mol. The number of methoxy groups -OCH3 is 1. The molecule has 2 amide bonds. The molecule has 1 heterocycles. The van der Waals surface area contributed by atoms with Gasteiger partial charge in [0.2, 0.25) is 0 Å². The number of benzene rings is 4. The number of rotatable bonds is 8. The van der Waals surface area contributed by atoms with E-state index in [2.05, 4.69) is 67.5 Å². The van der Waals surface area contributed by atoms with E-state index in [1.54, 1.807) is 7.11 Å². The van der Waals surface area contributed by atoms with E-state index in [0.717, 1.165) is 18.4 Å². The minimum Gasteiger partial charge on any atom is -0.496 e. The van der Waals surface area contributed by atoms with Gasteiger partial charge in [0.1, 0.15) is 5.75 Å². The second-order valence-corrected chi connectivity index (χ2v) is 12.7. The number of hydrogen-bond acceptors (Lipinski definition) is 4. The fourth-order valence-electron chi connectivity index (χ4n) is 8.54. The summed E-state index contributed by atoms with van der Waals surface area (Å²) in [5.41, 5.74) is 8.34. The van der Waals surface area contributed by atoms with E-state index in [4.69, 9.17) is 9.57 Å². The van der Waals surface area contributed by atoms with Gasteiger partial charge in [-0.2, -0.15) is 0 Å². The Hall–Kier alpha value is -4.68. The molecule has 3 aliphatic carbocycles. The summed E-state index contributed by atoms with van der Waals surface area (Å²) in [4.78, 5) is 36.8. The van der Waals surface area contributed by atoms with Crippen LogP contribution in [-0.2, 0) is 26.4 Å². The lowest BCUT2D eigenvalue weighted by atomic mass is 9.42. The molecule has 2 bridgehead atoms. The van der Waals surface area contributed by atoms with Crippen molar-refractivity contribution in [3.05, 3.63) is 143 Å². The first-order valence-electron chi connectivity index (χ1n) is 15.6. The Morgan fingerprint density at radius 1 is 0.933 bits per heavy atom. The molecule has 1 saturated heterocycles. The summed E-state index contributed by atoms with van der Waals surface area (Å²) in [7, 11) is 1.59. The molecule has 1 aliphatic heterocycles. The first kappa shape index (κ1) is 29.1. The van der Waals surface area contributed by atoms with Crippen LogP contribution in [0.2, 0.25) is 0 Å². The van der Waals surface area contributed by atoms with Gasteiger partial charge in [0.15, 0.2) is 0 Å². The van der Waals surface area contributed by atoms with E-state index < -0.39 is 10.8 Å². The summed E-state index contributed by atoms with van der Waals surface area (Å²) in [5.74, 6) is 0.00345. The molecule has 45 heavy (non-hydrogen) atoms. The molecule has 6 heteroatoms. The lowest BCUT2D eigenvalue weighted by Crippen LogP contribution is -2.62. The summed E-state index contributed by atoms with van der Waals surface area (Å²) in [5, 5.41) is 0. The van der Waals surface area contributed by atoms with Gasteiger partial charge >= 0.3 is 0 Å². The summed E-state index contributed by atoms with van der Waals surface area (Å²) >= 11 is 0. The first-order chi connectivity index (χ1) is 21.9. The van der Waals surface area contributed by atoms with Crippen LogP contribution in [0.4, 0.5) is 0 Å². The second-order valence-electron chi connectivity index (χ2n) is 12.7. The van der Waals surface area contributed by atoms with Crippen molar-refractivity contribution < 1.29 is 19.2 Å². The first-order valence-corrected chi connectivity index (χ1v) is 15.6. The van der Waals surface area contributed by atoms with Gasteiger partial charge in [-0.05, 0) is 48.1 Å². The number of ether oxygens (including phenoxy) is 1. The van der Waals surface area contributed by atoms with Crippen LogP contribution in [0.5, 0.6) is 5.75 Å². The number of likely N-dealkylation sites (tertiary alicyclic amines) is 1. The molecule has 1 N–H and O–H groups in total. The predicted octanol–water partition coefficient (Wildman–Crippen LogP) is 6.59. The van der Waals surface area contributed by atoms with Crippen LogP contribution in [0.25, 0.3) is 5.57 Å². The maximum absolute atomic E-state index is 14.7. The molecule has 6 nitrogen and oxygen atoms in total. The molecule has 1 saturated carbocycles. The third-order valence-electron chi connectivity index (χ3n) is 10.6. The maximum Gasteiger partial charge on any atom is 0.254 e. The van der Waals surface area contributed by atoms with Crippen LogP contribution in [0, 0.1) is 18.3 Å². The van der Waals surface area contributed by atoms with E-state index in [-0.39, 0.29) is 36.8 Å². The number of aryl methyl sites for hydroxylation is 1. The van der Waals surface area contributed by atoms with Gasteiger partial charge in [-0.1, -0.05) is 109 Å².